The third kappa shape index (κ3) is 2.43. The molecule has 4 heteroatoms. The quantitative estimate of drug-likeness (QED) is 0.848. The molecule has 1 rings (SSSR count). The highest BCUT2D eigenvalue weighted by Crippen LogP contribution is 2.27. The fraction of sp³-hybridized carbons (Fsp3) is 0.333. The number of benzene rings is 1. The fourth-order valence-electron chi connectivity index (χ4n) is 1.09. The zero-order valence-corrected chi connectivity index (χ0v) is 8.91. The van der Waals surface area contributed by atoms with E-state index in [2.05, 4.69) is 15.9 Å². The van der Waals surface area contributed by atoms with Crippen LogP contribution in [-0.2, 0) is 0 Å². The molecule has 1 atom stereocenters. The van der Waals surface area contributed by atoms with Gasteiger partial charge in [0.2, 0.25) is 0 Å². The van der Waals surface area contributed by atoms with Crippen molar-refractivity contribution in [1.29, 1.82) is 0 Å². The van der Waals surface area contributed by atoms with E-state index in [-0.39, 0.29) is 6.54 Å². The van der Waals surface area contributed by atoms with Gasteiger partial charge in [-0.05, 0) is 18.2 Å². The minimum Gasteiger partial charge on any atom is -0.496 e. The maximum atomic E-state index is 9.54. The number of halogens is 1. The number of methoxy groups -OCH3 is 1. The second-order valence-corrected chi connectivity index (χ2v) is 3.55. The summed E-state index contributed by atoms with van der Waals surface area (Å²) in [6.45, 7) is 0.187. The van der Waals surface area contributed by atoms with Gasteiger partial charge in [0.05, 0.1) is 13.2 Å². The average Bonchev–Trinajstić information content (AvgIpc) is 2.16. The number of nitrogens with two attached hydrogens (primary N) is 1. The van der Waals surface area contributed by atoms with E-state index in [0.717, 1.165) is 4.47 Å². The van der Waals surface area contributed by atoms with Crippen LogP contribution in [0.25, 0.3) is 0 Å². The first-order chi connectivity index (χ1) is 6.19. The maximum absolute atomic E-state index is 9.54. The number of ether oxygens (including phenoxy) is 1. The number of hydrogen-bond donors (Lipinski definition) is 2. The number of rotatable bonds is 3. The molecule has 0 fully saturated rings. The SMILES string of the molecule is COc1ccc(Br)cc1[C@@H](O)CN. The van der Waals surface area contributed by atoms with Crippen molar-refractivity contribution in [3.05, 3.63) is 28.2 Å². The predicted molar refractivity (Wildman–Crippen MR) is 54.7 cm³/mol. The Morgan fingerprint density at radius 3 is 2.85 bits per heavy atom. The van der Waals surface area contributed by atoms with Gasteiger partial charge in [-0.25, -0.2) is 0 Å². The minimum absolute atomic E-state index is 0.187. The van der Waals surface area contributed by atoms with Crippen LogP contribution < -0.4 is 10.5 Å². The van der Waals surface area contributed by atoms with Crippen LogP contribution in [-0.4, -0.2) is 18.8 Å². The van der Waals surface area contributed by atoms with E-state index >= 15 is 0 Å². The Hall–Kier alpha value is -0.580. The molecule has 72 valence electrons. The minimum atomic E-state index is -0.674. The van der Waals surface area contributed by atoms with Crippen LogP contribution in [0.15, 0.2) is 22.7 Å². The van der Waals surface area contributed by atoms with Gasteiger partial charge in [-0.15, -0.1) is 0 Å². The van der Waals surface area contributed by atoms with E-state index in [1.54, 1.807) is 19.2 Å². The van der Waals surface area contributed by atoms with Crippen molar-refractivity contribution in [2.75, 3.05) is 13.7 Å². The molecule has 0 unspecified atom stereocenters. The summed E-state index contributed by atoms with van der Waals surface area (Å²) in [6, 6.07) is 5.44. The second-order valence-electron chi connectivity index (χ2n) is 2.64. The second kappa shape index (κ2) is 4.60. The van der Waals surface area contributed by atoms with E-state index in [1.807, 2.05) is 6.07 Å². The van der Waals surface area contributed by atoms with Crippen molar-refractivity contribution in [1.82, 2.24) is 0 Å². The molecule has 1 aromatic carbocycles. The summed E-state index contributed by atoms with van der Waals surface area (Å²) in [5.41, 5.74) is 6.06. The monoisotopic (exact) mass is 245 g/mol. The summed E-state index contributed by atoms with van der Waals surface area (Å²) in [5.74, 6) is 0.654. The Kier molecular flexibility index (Phi) is 3.71. The molecule has 0 heterocycles. The van der Waals surface area contributed by atoms with Gasteiger partial charge in [-0.3, -0.25) is 0 Å². The molecule has 0 radical (unpaired) electrons. The Morgan fingerprint density at radius 2 is 2.31 bits per heavy atom. The number of aliphatic hydroxyl groups excluding tert-OH is 1. The van der Waals surface area contributed by atoms with E-state index in [0.29, 0.717) is 11.3 Å². The van der Waals surface area contributed by atoms with Gasteiger partial charge in [-0.2, -0.15) is 0 Å². The van der Waals surface area contributed by atoms with Crippen molar-refractivity contribution in [3.63, 3.8) is 0 Å². The van der Waals surface area contributed by atoms with E-state index in [4.69, 9.17) is 10.5 Å². The summed E-state index contributed by atoms with van der Waals surface area (Å²) < 4.78 is 5.99. The largest absolute Gasteiger partial charge is 0.496 e. The van der Waals surface area contributed by atoms with E-state index < -0.39 is 6.10 Å². The highest BCUT2D eigenvalue weighted by atomic mass is 79.9. The summed E-state index contributed by atoms with van der Waals surface area (Å²) >= 11 is 3.32. The van der Waals surface area contributed by atoms with Gasteiger partial charge in [0.1, 0.15) is 5.75 Å². The first-order valence-corrected chi connectivity index (χ1v) is 4.70. The molecule has 0 aliphatic carbocycles. The van der Waals surface area contributed by atoms with Crippen molar-refractivity contribution < 1.29 is 9.84 Å². The normalized spacial score (nSPS) is 12.6. The third-order valence-electron chi connectivity index (χ3n) is 1.77. The summed E-state index contributed by atoms with van der Waals surface area (Å²) in [4.78, 5) is 0. The molecule has 0 aliphatic rings. The number of aliphatic hydroxyl groups is 1. The molecule has 0 amide bonds. The lowest BCUT2D eigenvalue weighted by atomic mass is 10.1. The summed E-state index contributed by atoms with van der Waals surface area (Å²) in [5, 5.41) is 9.54. The van der Waals surface area contributed by atoms with Crippen LogP contribution in [0.4, 0.5) is 0 Å². The zero-order chi connectivity index (χ0) is 9.84. The lowest BCUT2D eigenvalue weighted by molar-refractivity contribution is 0.182. The molecule has 1 aromatic rings. The van der Waals surface area contributed by atoms with Crippen LogP contribution in [0.5, 0.6) is 5.75 Å². The first-order valence-electron chi connectivity index (χ1n) is 3.90. The molecule has 0 saturated carbocycles. The van der Waals surface area contributed by atoms with Crippen molar-refractivity contribution in [2.45, 2.75) is 6.10 Å². The molecule has 3 nitrogen and oxygen atoms in total. The van der Waals surface area contributed by atoms with Crippen molar-refractivity contribution >= 4 is 15.9 Å². The molecule has 0 aromatic heterocycles. The molecule has 0 aliphatic heterocycles. The molecule has 0 spiro atoms. The smallest absolute Gasteiger partial charge is 0.124 e. The average molecular weight is 246 g/mol. The molecular formula is C9H12BrNO2. The van der Waals surface area contributed by atoms with Crippen molar-refractivity contribution in [2.24, 2.45) is 5.73 Å². The van der Waals surface area contributed by atoms with Crippen LogP contribution >= 0.6 is 15.9 Å². The maximum Gasteiger partial charge on any atom is 0.124 e. The Morgan fingerprint density at radius 1 is 1.62 bits per heavy atom. The summed E-state index contributed by atoms with van der Waals surface area (Å²) in [7, 11) is 1.57. The Labute approximate surface area is 85.6 Å². The first kappa shape index (κ1) is 10.5. The number of hydrogen-bond acceptors (Lipinski definition) is 3. The van der Waals surface area contributed by atoms with Gasteiger partial charge in [0.25, 0.3) is 0 Å². The van der Waals surface area contributed by atoms with Gasteiger partial charge in [-0.1, -0.05) is 15.9 Å². The van der Waals surface area contributed by atoms with Gasteiger partial charge >= 0.3 is 0 Å². The lowest BCUT2D eigenvalue weighted by Crippen LogP contribution is -2.12. The lowest BCUT2D eigenvalue weighted by Gasteiger charge is -2.12. The van der Waals surface area contributed by atoms with Gasteiger partial charge in [0.15, 0.2) is 0 Å². The van der Waals surface area contributed by atoms with Crippen LogP contribution in [0.3, 0.4) is 0 Å². The van der Waals surface area contributed by atoms with Gasteiger partial charge < -0.3 is 15.6 Å². The van der Waals surface area contributed by atoms with Crippen LogP contribution in [0.2, 0.25) is 0 Å². The van der Waals surface area contributed by atoms with Crippen LogP contribution in [0, 0.1) is 0 Å². The van der Waals surface area contributed by atoms with Crippen molar-refractivity contribution in [3.8, 4) is 5.75 Å². The highest BCUT2D eigenvalue weighted by Gasteiger charge is 2.11. The molecule has 0 saturated heterocycles. The van der Waals surface area contributed by atoms with E-state index in [9.17, 15) is 5.11 Å². The fourth-order valence-corrected chi connectivity index (χ4v) is 1.47. The summed E-state index contributed by atoms with van der Waals surface area (Å²) in [6.07, 6.45) is -0.674. The molecule has 13 heavy (non-hydrogen) atoms. The van der Waals surface area contributed by atoms with E-state index in [1.165, 1.54) is 0 Å². The van der Waals surface area contributed by atoms with Gasteiger partial charge in [0, 0.05) is 16.6 Å². The molecule has 3 N–H and O–H groups in total. The molecule has 0 bridgehead atoms. The Balaban J connectivity index is 3.07. The standard InChI is InChI=1S/C9H12BrNO2/c1-13-9-3-2-6(10)4-7(9)8(12)5-11/h2-4,8,12H,5,11H2,1H3/t8-/m0/s1. The predicted octanol–water partition coefficient (Wildman–Crippen LogP) is 1.45. The van der Waals surface area contributed by atoms with Crippen LogP contribution in [0.1, 0.15) is 11.7 Å². The molecular weight excluding hydrogens is 234 g/mol. The third-order valence-corrected chi connectivity index (χ3v) is 2.27. The Bertz CT molecular complexity index is 291. The zero-order valence-electron chi connectivity index (χ0n) is 7.33. The topological polar surface area (TPSA) is 55.5 Å². The highest BCUT2D eigenvalue weighted by molar-refractivity contribution is 9.10.